The van der Waals surface area contributed by atoms with Crippen molar-refractivity contribution in [1.82, 2.24) is 14.8 Å². The van der Waals surface area contributed by atoms with Crippen molar-refractivity contribution in [3.05, 3.63) is 35.0 Å². The monoisotopic (exact) mass is 361 g/mol. The van der Waals surface area contributed by atoms with E-state index < -0.39 is 0 Å². The average molecular weight is 362 g/mol. The lowest BCUT2D eigenvalue weighted by Crippen LogP contribution is -2.44. The normalized spacial score (nSPS) is 20.3. The molecule has 2 aromatic rings. The van der Waals surface area contributed by atoms with Gasteiger partial charge in [0.1, 0.15) is 5.69 Å². The van der Waals surface area contributed by atoms with Gasteiger partial charge in [-0.25, -0.2) is 0 Å². The number of likely N-dealkylation sites (tertiary alicyclic amines) is 1. The molecule has 134 valence electrons. The van der Waals surface area contributed by atoms with E-state index in [0.717, 1.165) is 69.7 Å². The van der Waals surface area contributed by atoms with Gasteiger partial charge in [0.15, 0.2) is 0 Å². The Kier molecular flexibility index (Phi) is 4.97. The van der Waals surface area contributed by atoms with Gasteiger partial charge in [-0.3, -0.25) is 9.69 Å². The second-order valence-corrected chi connectivity index (χ2v) is 7.39. The molecule has 1 N–H and O–H groups in total. The summed E-state index contributed by atoms with van der Waals surface area (Å²) >= 11 is 6.43. The molecule has 1 amide bonds. The predicted octanol–water partition coefficient (Wildman–Crippen LogP) is 3.01. The molecule has 0 unspecified atom stereocenters. The Balaban J connectivity index is 1.38. The lowest BCUT2D eigenvalue weighted by Gasteiger charge is -2.36. The number of fused-ring (bicyclic) bond motifs is 1. The lowest BCUT2D eigenvalue weighted by molar-refractivity contribution is 0.0242. The van der Waals surface area contributed by atoms with Crippen LogP contribution in [0.15, 0.2) is 24.3 Å². The zero-order chi connectivity index (χ0) is 17.2. The summed E-state index contributed by atoms with van der Waals surface area (Å²) in [5.74, 6) is 0.686. The van der Waals surface area contributed by atoms with Crippen LogP contribution >= 0.6 is 11.6 Å². The van der Waals surface area contributed by atoms with Gasteiger partial charge in [0.05, 0.1) is 18.2 Å². The molecule has 0 atom stereocenters. The Hall–Kier alpha value is -1.56. The number of H-pyrrole nitrogens is 1. The van der Waals surface area contributed by atoms with Gasteiger partial charge in [-0.15, -0.1) is 0 Å². The number of nitrogens with zero attached hydrogens (tertiary/aromatic N) is 2. The van der Waals surface area contributed by atoms with Gasteiger partial charge in [0, 0.05) is 43.6 Å². The van der Waals surface area contributed by atoms with Crippen molar-refractivity contribution < 1.29 is 9.53 Å². The molecule has 0 saturated carbocycles. The Morgan fingerprint density at radius 1 is 1.16 bits per heavy atom. The number of amides is 1. The topological polar surface area (TPSA) is 48.6 Å². The highest BCUT2D eigenvalue weighted by Crippen LogP contribution is 2.29. The second kappa shape index (κ2) is 7.36. The summed E-state index contributed by atoms with van der Waals surface area (Å²) in [5, 5.41) is 1.45. The summed E-state index contributed by atoms with van der Waals surface area (Å²) in [7, 11) is 0. The van der Waals surface area contributed by atoms with E-state index in [1.807, 2.05) is 29.2 Å². The molecular weight excluding hydrogens is 338 g/mol. The molecule has 2 fully saturated rings. The van der Waals surface area contributed by atoms with Crippen LogP contribution in [-0.4, -0.2) is 66.6 Å². The predicted molar refractivity (Wildman–Crippen MR) is 99.2 cm³/mol. The molecule has 3 heterocycles. The summed E-state index contributed by atoms with van der Waals surface area (Å²) in [6.45, 7) is 6.48. The van der Waals surface area contributed by atoms with Crippen LogP contribution < -0.4 is 0 Å². The van der Waals surface area contributed by atoms with E-state index in [-0.39, 0.29) is 5.91 Å². The van der Waals surface area contributed by atoms with Crippen molar-refractivity contribution in [2.45, 2.75) is 12.8 Å². The molecule has 0 spiro atoms. The third-order valence-electron chi connectivity index (χ3n) is 5.38. The van der Waals surface area contributed by atoms with Gasteiger partial charge in [-0.05, 0) is 24.8 Å². The second-order valence-electron chi connectivity index (χ2n) is 7.01. The summed E-state index contributed by atoms with van der Waals surface area (Å²) in [6, 6.07) is 7.78. The van der Waals surface area contributed by atoms with Crippen LogP contribution in [0.2, 0.25) is 5.02 Å². The third kappa shape index (κ3) is 3.54. The first-order valence-electron chi connectivity index (χ1n) is 9.08. The quantitative estimate of drug-likeness (QED) is 0.914. The lowest BCUT2D eigenvalue weighted by atomic mass is 9.96. The number of aromatic amines is 1. The van der Waals surface area contributed by atoms with Crippen molar-refractivity contribution in [3.8, 4) is 0 Å². The van der Waals surface area contributed by atoms with Crippen LogP contribution in [0.25, 0.3) is 10.9 Å². The highest BCUT2D eigenvalue weighted by Gasteiger charge is 2.27. The molecule has 6 heteroatoms. The van der Waals surface area contributed by atoms with Gasteiger partial charge in [0.25, 0.3) is 5.91 Å². The van der Waals surface area contributed by atoms with Crippen LogP contribution in [0.3, 0.4) is 0 Å². The van der Waals surface area contributed by atoms with Crippen molar-refractivity contribution >= 4 is 28.4 Å². The number of piperidine rings is 1. The molecule has 2 aliphatic rings. The smallest absolute Gasteiger partial charge is 0.271 e. The number of carbonyl (C=O) groups is 1. The maximum absolute atomic E-state index is 12.9. The maximum Gasteiger partial charge on any atom is 0.271 e. The molecule has 5 nitrogen and oxygen atoms in total. The Labute approximate surface area is 152 Å². The molecule has 0 bridgehead atoms. The van der Waals surface area contributed by atoms with Crippen molar-refractivity contribution in [3.63, 3.8) is 0 Å². The van der Waals surface area contributed by atoms with Crippen molar-refractivity contribution in [2.24, 2.45) is 5.92 Å². The standard InChI is InChI=1S/C19H24ClN3O2/c20-17-15-3-1-2-4-16(15)21-18(17)19(24)23-7-5-14(6-8-23)13-22-9-11-25-12-10-22/h1-4,14,21H,5-13H2. The highest BCUT2D eigenvalue weighted by atomic mass is 35.5. The number of nitrogens with one attached hydrogen (secondary N) is 1. The number of halogens is 1. The van der Waals surface area contributed by atoms with E-state index in [1.54, 1.807) is 0 Å². The zero-order valence-electron chi connectivity index (χ0n) is 14.3. The first-order valence-corrected chi connectivity index (χ1v) is 9.46. The summed E-state index contributed by atoms with van der Waals surface area (Å²) in [5.41, 5.74) is 1.44. The molecule has 1 aromatic heterocycles. The van der Waals surface area contributed by atoms with E-state index in [4.69, 9.17) is 16.3 Å². The van der Waals surface area contributed by atoms with E-state index in [9.17, 15) is 4.79 Å². The minimum absolute atomic E-state index is 0.0195. The fourth-order valence-corrected chi connectivity index (χ4v) is 4.17. The Morgan fingerprint density at radius 3 is 2.60 bits per heavy atom. The third-order valence-corrected chi connectivity index (χ3v) is 5.77. The summed E-state index contributed by atoms with van der Waals surface area (Å²) in [4.78, 5) is 20.5. The maximum atomic E-state index is 12.9. The molecule has 4 rings (SSSR count). The minimum atomic E-state index is 0.0195. The average Bonchev–Trinajstić information content (AvgIpc) is 3.00. The minimum Gasteiger partial charge on any atom is -0.379 e. The number of hydrogen-bond donors (Lipinski definition) is 1. The number of carbonyl (C=O) groups excluding carboxylic acids is 1. The van der Waals surface area contributed by atoms with Gasteiger partial charge in [-0.2, -0.15) is 0 Å². The van der Waals surface area contributed by atoms with Crippen LogP contribution in [0.5, 0.6) is 0 Å². The number of para-hydroxylation sites is 1. The van der Waals surface area contributed by atoms with E-state index in [2.05, 4.69) is 9.88 Å². The molecule has 0 radical (unpaired) electrons. The van der Waals surface area contributed by atoms with Crippen LogP contribution in [0.4, 0.5) is 0 Å². The van der Waals surface area contributed by atoms with Gasteiger partial charge in [-0.1, -0.05) is 29.8 Å². The molecule has 0 aliphatic carbocycles. The SMILES string of the molecule is O=C(c1[nH]c2ccccc2c1Cl)N1CCC(CN2CCOCC2)CC1. The van der Waals surface area contributed by atoms with Crippen molar-refractivity contribution in [1.29, 1.82) is 0 Å². The van der Waals surface area contributed by atoms with Gasteiger partial charge < -0.3 is 14.6 Å². The van der Waals surface area contributed by atoms with E-state index in [1.165, 1.54) is 0 Å². The van der Waals surface area contributed by atoms with Crippen molar-refractivity contribution in [2.75, 3.05) is 45.9 Å². The Bertz CT molecular complexity index is 746. The summed E-state index contributed by atoms with van der Waals surface area (Å²) < 4.78 is 5.41. The van der Waals surface area contributed by atoms with Gasteiger partial charge in [0.2, 0.25) is 0 Å². The van der Waals surface area contributed by atoms with E-state index in [0.29, 0.717) is 16.6 Å². The number of rotatable bonds is 3. The number of benzene rings is 1. The number of aromatic nitrogens is 1. The zero-order valence-corrected chi connectivity index (χ0v) is 15.1. The first kappa shape index (κ1) is 16.9. The highest BCUT2D eigenvalue weighted by molar-refractivity contribution is 6.38. The van der Waals surface area contributed by atoms with E-state index >= 15 is 0 Å². The first-order chi connectivity index (χ1) is 12.2. The Morgan fingerprint density at radius 2 is 1.88 bits per heavy atom. The molecule has 1 aromatic carbocycles. The fourth-order valence-electron chi connectivity index (χ4n) is 3.88. The van der Waals surface area contributed by atoms with Crippen LogP contribution in [-0.2, 0) is 4.74 Å². The van der Waals surface area contributed by atoms with Crippen LogP contribution in [0, 0.1) is 5.92 Å². The molecule has 2 saturated heterocycles. The fraction of sp³-hybridized carbons (Fsp3) is 0.526. The number of ether oxygens (including phenoxy) is 1. The largest absolute Gasteiger partial charge is 0.379 e. The molecular formula is C19H24ClN3O2. The molecule has 2 aliphatic heterocycles. The summed E-state index contributed by atoms with van der Waals surface area (Å²) in [6.07, 6.45) is 2.11. The van der Waals surface area contributed by atoms with Gasteiger partial charge >= 0.3 is 0 Å². The van der Waals surface area contributed by atoms with Crippen LogP contribution in [0.1, 0.15) is 23.3 Å². The number of hydrogen-bond acceptors (Lipinski definition) is 3. The molecule has 25 heavy (non-hydrogen) atoms. The number of morpholine rings is 1.